The molecule has 0 bridgehead atoms. The third kappa shape index (κ3) is 3.24. The molecule has 112 valence electrons. The fourth-order valence-electron chi connectivity index (χ4n) is 2.55. The van der Waals surface area contributed by atoms with Gasteiger partial charge >= 0.3 is 0 Å². The molecule has 0 aliphatic heterocycles. The lowest BCUT2D eigenvalue weighted by molar-refractivity contribution is 0.707. The maximum absolute atomic E-state index is 12.5. The number of aromatic nitrogens is 1. The van der Waals surface area contributed by atoms with Crippen LogP contribution in [-0.2, 0) is 13.1 Å². The van der Waals surface area contributed by atoms with Crippen LogP contribution >= 0.6 is 0 Å². The lowest BCUT2D eigenvalue weighted by Crippen LogP contribution is -2.26. The summed E-state index contributed by atoms with van der Waals surface area (Å²) in [7, 11) is 1.86. The van der Waals surface area contributed by atoms with E-state index in [2.05, 4.69) is 43.4 Å². The first-order valence-corrected chi connectivity index (χ1v) is 7.56. The van der Waals surface area contributed by atoms with Crippen molar-refractivity contribution in [1.82, 2.24) is 9.88 Å². The SMILES string of the molecule is CCn1c(-c2ccc(C(C)C)cc2)ccc(CNC)c1=O. The predicted molar refractivity (Wildman–Crippen MR) is 88.7 cm³/mol. The maximum Gasteiger partial charge on any atom is 0.255 e. The highest BCUT2D eigenvalue weighted by Crippen LogP contribution is 2.22. The molecule has 3 heteroatoms. The van der Waals surface area contributed by atoms with Gasteiger partial charge in [0.15, 0.2) is 0 Å². The molecule has 0 unspecified atom stereocenters. The summed E-state index contributed by atoms with van der Waals surface area (Å²) in [6.07, 6.45) is 0. The van der Waals surface area contributed by atoms with Gasteiger partial charge in [0.1, 0.15) is 0 Å². The number of hydrogen-bond donors (Lipinski definition) is 1. The van der Waals surface area contributed by atoms with Crippen LogP contribution in [0.2, 0.25) is 0 Å². The van der Waals surface area contributed by atoms with E-state index >= 15 is 0 Å². The van der Waals surface area contributed by atoms with Crippen molar-refractivity contribution < 1.29 is 0 Å². The highest BCUT2D eigenvalue weighted by molar-refractivity contribution is 5.60. The standard InChI is InChI=1S/C18H24N2O/c1-5-20-17(11-10-16(12-19-4)18(20)21)15-8-6-14(7-9-15)13(2)3/h6-11,13,19H,5,12H2,1-4H3. The molecule has 3 nitrogen and oxygen atoms in total. The van der Waals surface area contributed by atoms with Gasteiger partial charge in [-0.3, -0.25) is 4.79 Å². The number of nitrogens with one attached hydrogen (secondary N) is 1. The Morgan fingerprint density at radius 1 is 1.10 bits per heavy atom. The molecular formula is C18H24N2O. The zero-order chi connectivity index (χ0) is 15.4. The summed E-state index contributed by atoms with van der Waals surface area (Å²) < 4.78 is 1.84. The van der Waals surface area contributed by atoms with Crippen LogP contribution in [0.15, 0.2) is 41.2 Å². The molecule has 2 aromatic rings. The molecule has 0 aliphatic rings. The second kappa shape index (κ2) is 6.72. The van der Waals surface area contributed by atoms with Gasteiger partial charge in [0.25, 0.3) is 5.56 Å². The van der Waals surface area contributed by atoms with Crippen LogP contribution in [-0.4, -0.2) is 11.6 Å². The van der Waals surface area contributed by atoms with E-state index in [1.54, 1.807) is 0 Å². The van der Waals surface area contributed by atoms with E-state index in [-0.39, 0.29) is 5.56 Å². The summed E-state index contributed by atoms with van der Waals surface area (Å²) in [5.41, 5.74) is 4.29. The quantitative estimate of drug-likeness (QED) is 0.913. The Hall–Kier alpha value is -1.87. The van der Waals surface area contributed by atoms with E-state index in [0.29, 0.717) is 19.0 Å². The van der Waals surface area contributed by atoms with Gasteiger partial charge in [0, 0.05) is 18.7 Å². The fourth-order valence-corrected chi connectivity index (χ4v) is 2.55. The summed E-state index contributed by atoms with van der Waals surface area (Å²) >= 11 is 0. The fraction of sp³-hybridized carbons (Fsp3) is 0.389. The first-order chi connectivity index (χ1) is 10.1. The van der Waals surface area contributed by atoms with Gasteiger partial charge < -0.3 is 9.88 Å². The monoisotopic (exact) mass is 284 g/mol. The normalized spacial score (nSPS) is 11.1. The molecule has 0 amide bonds. The smallest absolute Gasteiger partial charge is 0.255 e. The first-order valence-electron chi connectivity index (χ1n) is 7.56. The average molecular weight is 284 g/mol. The van der Waals surface area contributed by atoms with Crippen LogP contribution in [0.25, 0.3) is 11.3 Å². The molecule has 0 fully saturated rings. The summed E-state index contributed by atoms with van der Waals surface area (Å²) in [4.78, 5) is 12.5. The molecule has 1 heterocycles. The zero-order valence-corrected chi connectivity index (χ0v) is 13.3. The van der Waals surface area contributed by atoms with E-state index in [1.807, 2.05) is 30.7 Å². The van der Waals surface area contributed by atoms with Crippen molar-refractivity contribution >= 4 is 0 Å². The van der Waals surface area contributed by atoms with E-state index in [4.69, 9.17) is 0 Å². The highest BCUT2D eigenvalue weighted by Gasteiger charge is 2.09. The summed E-state index contributed by atoms with van der Waals surface area (Å²) in [6.45, 7) is 7.66. The highest BCUT2D eigenvalue weighted by atomic mass is 16.1. The molecule has 0 radical (unpaired) electrons. The van der Waals surface area contributed by atoms with Crippen molar-refractivity contribution in [2.75, 3.05) is 7.05 Å². The molecule has 0 aliphatic carbocycles. The number of pyridine rings is 1. The number of nitrogens with zero attached hydrogens (tertiary/aromatic N) is 1. The van der Waals surface area contributed by atoms with Gasteiger partial charge in [0.05, 0.1) is 5.69 Å². The predicted octanol–water partition coefficient (Wildman–Crippen LogP) is 3.38. The molecule has 2 rings (SSSR count). The Morgan fingerprint density at radius 3 is 2.29 bits per heavy atom. The van der Waals surface area contributed by atoms with Crippen LogP contribution in [0.4, 0.5) is 0 Å². The Balaban J connectivity index is 2.48. The second-order valence-electron chi connectivity index (χ2n) is 5.60. The first kappa shape index (κ1) is 15.5. The molecule has 1 N–H and O–H groups in total. The Labute approximate surface area is 126 Å². The molecule has 0 atom stereocenters. The number of rotatable bonds is 5. The molecular weight excluding hydrogens is 260 g/mol. The minimum absolute atomic E-state index is 0.0947. The van der Waals surface area contributed by atoms with Crippen molar-refractivity contribution in [3.63, 3.8) is 0 Å². The van der Waals surface area contributed by atoms with Crippen molar-refractivity contribution in [3.8, 4) is 11.3 Å². The Bertz CT molecular complexity index is 654. The number of benzene rings is 1. The lowest BCUT2D eigenvalue weighted by atomic mass is 10.0. The van der Waals surface area contributed by atoms with E-state index in [0.717, 1.165) is 16.8 Å². The molecule has 0 saturated carbocycles. The Morgan fingerprint density at radius 2 is 1.76 bits per heavy atom. The molecule has 0 saturated heterocycles. The van der Waals surface area contributed by atoms with Gasteiger partial charge in [-0.2, -0.15) is 0 Å². The van der Waals surface area contributed by atoms with Gasteiger partial charge in [0.2, 0.25) is 0 Å². The molecule has 1 aromatic heterocycles. The van der Waals surface area contributed by atoms with E-state index in [1.165, 1.54) is 5.56 Å². The van der Waals surface area contributed by atoms with Crippen molar-refractivity contribution in [2.24, 2.45) is 0 Å². The average Bonchev–Trinajstić information content (AvgIpc) is 2.49. The third-order valence-corrected chi connectivity index (χ3v) is 3.81. The maximum atomic E-state index is 12.5. The molecule has 21 heavy (non-hydrogen) atoms. The minimum Gasteiger partial charge on any atom is -0.315 e. The van der Waals surface area contributed by atoms with Gasteiger partial charge in [-0.05, 0) is 37.1 Å². The van der Waals surface area contributed by atoms with E-state index < -0.39 is 0 Å². The third-order valence-electron chi connectivity index (χ3n) is 3.81. The molecule has 0 spiro atoms. The lowest BCUT2D eigenvalue weighted by Gasteiger charge is -2.14. The van der Waals surface area contributed by atoms with Crippen LogP contribution in [0, 0.1) is 0 Å². The largest absolute Gasteiger partial charge is 0.315 e. The summed E-state index contributed by atoms with van der Waals surface area (Å²) in [5.74, 6) is 0.519. The van der Waals surface area contributed by atoms with Crippen LogP contribution in [0.3, 0.4) is 0 Å². The van der Waals surface area contributed by atoms with Crippen molar-refractivity contribution in [3.05, 3.63) is 57.9 Å². The van der Waals surface area contributed by atoms with Crippen molar-refractivity contribution in [2.45, 2.75) is 39.8 Å². The van der Waals surface area contributed by atoms with Crippen LogP contribution in [0.1, 0.15) is 37.8 Å². The van der Waals surface area contributed by atoms with Gasteiger partial charge in [-0.25, -0.2) is 0 Å². The summed E-state index contributed by atoms with van der Waals surface area (Å²) in [5, 5.41) is 3.04. The number of hydrogen-bond acceptors (Lipinski definition) is 2. The van der Waals surface area contributed by atoms with Crippen LogP contribution in [0.5, 0.6) is 0 Å². The summed E-state index contributed by atoms with van der Waals surface area (Å²) in [6, 6.07) is 12.5. The zero-order valence-electron chi connectivity index (χ0n) is 13.3. The van der Waals surface area contributed by atoms with Gasteiger partial charge in [-0.1, -0.05) is 44.2 Å². The van der Waals surface area contributed by atoms with Crippen LogP contribution < -0.4 is 10.9 Å². The molecule has 1 aromatic carbocycles. The topological polar surface area (TPSA) is 34.0 Å². The van der Waals surface area contributed by atoms with E-state index in [9.17, 15) is 4.79 Å². The second-order valence-corrected chi connectivity index (χ2v) is 5.60. The van der Waals surface area contributed by atoms with Crippen molar-refractivity contribution in [1.29, 1.82) is 0 Å². The minimum atomic E-state index is 0.0947. The Kier molecular flexibility index (Phi) is 4.97. The van der Waals surface area contributed by atoms with Gasteiger partial charge in [-0.15, -0.1) is 0 Å².